The molecule has 0 radical (unpaired) electrons. The number of benzene rings is 2. The van der Waals surface area contributed by atoms with E-state index in [-0.39, 0.29) is 4.90 Å². The summed E-state index contributed by atoms with van der Waals surface area (Å²) in [6.07, 6.45) is 3.24. The summed E-state index contributed by atoms with van der Waals surface area (Å²) in [5.41, 5.74) is 0.712. The Labute approximate surface area is 153 Å². The molecule has 130 valence electrons. The molecule has 4 aromatic rings. The Balaban J connectivity index is 1.58. The first-order valence-corrected chi connectivity index (χ1v) is 9.98. The summed E-state index contributed by atoms with van der Waals surface area (Å²) in [6, 6.07) is 14.2. The number of nitrogens with zero attached hydrogens (tertiary/aromatic N) is 3. The first-order valence-electron chi connectivity index (χ1n) is 7.62. The Morgan fingerprint density at radius 2 is 1.81 bits per heavy atom. The molecule has 0 bridgehead atoms. The highest BCUT2D eigenvalue weighted by atomic mass is 32.2. The molecule has 0 fully saturated rings. The van der Waals surface area contributed by atoms with Crippen LogP contribution in [0.3, 0.4) is 0 Å². The van der Waals surface area contributed by atoms with Crippen LogP contribution in [-0.4, -0.2) is 23.6 Å². The van der Waals surface area contributed by atoms with Gasteiger partial charge in [-0.05, 0) is 24.3 Å². The van der Waals surface area contributed by atoms with Gasteiger partial charge in [0.2, 0.25) is 0 Å². The monoisotopic (exact) mass is 383 g/mol. The van der Waals surface area contributed by atoms with Gasteiger partial charge in [-0.25, -0.2) is 13.4 Å². The molecular formula is C17H13N5O2S2. The first kappa shape index (κ1) is 16.4. The predicted molar refractivity (Wildman–Crippen MR) is 102 cm³/mol. The first-order chi connectivity index (χ1) is 12.6. The van der Waals surface area contributed by atoms with Crippen LogP contribution in [0.1, 0.15) is 0 Å². The second-order valence-corrected chi connectivity index (χ2v) is 7.95. The second-order valence-electron chi connectivity index (χ2n) is 5.37. The molecule has 2 aromatic heterocycles. The number of hydrogen-bond acceptors (Lipinski definition) is 7. The number of anilines is 3. The van der Waals surface area contributed by atoms with E-state index in [1.54, 1.807) is 29.9 Å². The summed E-state index contributed by atoms with van der Waals surface area (Å²) in [5, 5.41) is 15.2. The van der Waals surface area contributed by atoms with Gasteiger partial charge in [0.05, 0.1) is 11.1 Å². The Bertz CT molecular complexity index is 1140. The molecule has 0 aliphatic heterocycles. The van der Waals surface area contributed by atoms with Crippen molar-refractivity contribution in [3.05, 3.63) is 66.3 Å². The van der Waals surface area contributed by atoms with E-state index in [0.717, 1.165) is 10.8 Å². The molecule has 0 atom stereocenters. The summed E-state index contributed by atoms with van der Waals surface area (Å²) >= 11 is 1.22. The van der Waals surface area contributed by atoms with Crippen molar-refractivity contribution in [2.75, 3.05) is 10.0 Å². The number of aromatic nitrogens is 3. The van der Waals surface area contributed by atoms with Gasteiger partial charge in [-0.1, -0.05) is 24.3 Å². The van der Waals surface area contributed by atoms with Crippen LogP contribution in [0.25, 0.3) is 10.8 Å². The molecule has 0 saturated heterocycles. The minimum Gasteiger partial charge on any atom is -0.338 e. The third-order valence-corrected chi connectivity index (χ3v) is 5.82. The van der Waals surface area contributed by atoms with Crippen LogP contribution >= 0.6 is 11.3 Å². The van der Waals surface area contributed by atoms with Crippen molar-refractivity contribution in [1.29, 1.82) is 0 Å². The van der Waals surface area contributed by atoms with E-state index >= 15 is 0 Å². The molecule has 9 heteroatoms. The molecule has 0 saturated carbocycles. The summed E-state index contributed by atoms with van der Waals surface area (Å²) in [7, 11) is -3.67. The lowest BCUT2D eigenvalue weighted by Gasteiger charge is -2.09. The van der Waals surface area contributed by atoms with Crippen LogP contribution < -0.4 is 10.0 Å². The van der Waals surface area contributed by atoms with Gasteiger partial charge >= 0.3 is 0 Å². The van der Waals surface area contributed by atoms with E-state index in [2.05, 4.69) is 25.2 Å². The van der Waals surface area contributed by atoms with E-state index in [4.69, 9.17) is 0 Å². The standard InChI is InChI=1S/C17H13N5O2S2/c23-26(24,22-17-18-9-10-25-17)14-7-5-13(6-8-14)20-16-15-4-2-1-3-12(15)11-19-21-16/h1-11H,(H,18,22)(H,20,21). The summed E-state index contributed by atoms with van der Waals surface area (Å²) in [4.78, 5) is 4.08. The number of sulfonamides is 1. The fraction of sp³-hybridized carbons (Fsp3) is 0. The maximum atomic E-state index is 12.4. The van der Waals surface area contributed by atoms with Gasteiger partial charge in [0.1, 0.15) is 0 Å². The zero-order valence-corrected chi connectivity index (χ0v) is 15.0. The Kier molecular flexibility index (Phi) is 4.23. The minimum atomic E-state index is -3.67. The van der Waals surface area contributed by atoms with Crippen LogP contribution in [0.15, 0.2) is 71.2 Å². The minimum absolute atomic E-state index is 0.155. The fourth-order valence-corrected chi connectivity index (χ4v) is 4.21. The molecule has 0 spiro atoms. The van der Waals surface area contributed by atoms with Crippen molar-refractivity contribution in [2.24, 2.45) is 0 Å². The number of rotatable bonds is 5. The van der Waals surface area contributed by atoms with Gasteiger partial charge in [0, 0.05) is 28.0 Å². The molecule has 0 amide bonds. The van der Waals surface area contributed by atoms with Crippen molar-refractivity contribution in [3.8, 4) is 0 Å². The summed E-state index contributed by atoms with van der Waals surface area (Å²) < 4.78 is 27.2. The number of thiazole rings is 1. The molecule has 2 heterocycles. The molecule has 0 unspecified atom stereocenters. The molecule has 4 rings (SSSR count). The van der Waals surface area contributed by atoms with Crippen molar-refractivity contribution in [2.45, 2.75) is 4.90 Å². The van der Waals surface area contributed by atoms with Gasteiger partial charge in [-0.15, -0.1) is 16.4 Å². The highest BCUT2D eigenvalue weighted by Gasteiger charge is 2.15. The maximum absolute atomic E-state index is 12.4. The van der Waals surface area contributed by atoms with Crippen molar-refractivity contribution in [1.82, 2.24) is 15.2 Å². The van der Waals surface area contributed by atoms with E-state index in [0.29, 0.717) is 16.6 Å². The summed E-state index contributed by atoms with van der Waals surface area (Å²) in [6.45, 7) is 0. The average Bonchev–Trinajstić information content (AvgIpc) is 3.15. The van der Waals surface area contributed by atoms with Crippen molar-refractivity contribution in [3.63, 3.8) is 0 Å². The predicted octanol–water partition coefficient (Wildman–Crippen LogP) is 3.63. The number of fused-ring (bicyclic) bond motifs is 1. The highest BCUT2D eigenvalue weighted by molar-refractivity contribution is 7.93. The second kappa shape index (κ2) is 6.70. The Morgan fingerprint density at radius 3 is 2.58 bits per heavy atom. The lowest BCUT2D eigenvalue weighted by atomic mass is 10.2. The third kappa shape index (κ3) is 3.35. The normalized spacial score (nSPS) is 11.4. The zero-order chi connectivity index (χ0) is 18.0. The van der Waals surface area contributed by atoms with Crippen LogP contribution in [0, 0.1) is 0 Å². The molecule has 7 nitrogen and oxygen atoms in total. The number of nitrogens with one attached hydrogen (secondary N) is 2. The number of hydrogen-bond donors (Lipinski definition) is 2. The third-order valence-electron chi connectivity index (χ3n) is 3.65. The van der Waals surface area contributed by atoms with Gasteiger partial charge in [0.15, 0.2) is 10.9 Å². The lowest BCUT2D eigenvalue weighted by Crippen LogP contribution is -2.12. The van der Waals surface area contributed by atoms with Gasteiger partial charge < -0.3 is 5.32 Å². The summed E-state index contributed by atoms with van der Waals surface area (Å²) in [5.74, 6) is 0.611. The van der Waals surface area contributed by atoms with Crippen LogP contribution in [-0.2, 0) is 10.0 Å². The quantitative estimate of drug-likeness (QED) is 0.546. The SMILES string of the molecule is O=S(=O)(Nc1nccs1)c1ccc(Nc2nncc3ccccc23)cc1. The smallest absolute Gasteiger partial charge is 0.263 e. The van der Waals surface area contributed by atoms with Crippen molar-refractivity contribution >= 4 is 48.8 Å². The van der Waals surface area contributed by atoms with Gasteiger partial charge in [-0.3, -0.25) is 4.72 Å². The van der Waals surface area contributed by atoms with E-state index < -0.39 is 10.0 Å². The molecule has 2 N–H and O–H groups in total. The largest absolute Gasteiger partial charge is 0.338 e. The maximum Gasteiger partial charge on any atom is 0.263 e. The Hall–Kier alpha value is -3.04. The van der Waals surface area contributed by atoms with Gasteiger partial charge in [0.25, 0.3) is 10.0 Å². The van der Waals surface area contributed by atoms with E-state index in [9.17, 15) is 8.42 Å². The van der Waals surface area contributed by atoms with Crippen molar-refractivity contribution < 1.29 is 8.42 Å². The van der Waals surface area contributed by atoms with Crippen LogP contribution in [0.2, 0.25) is 0 Å². The van der Waals surface area contributed by atoms with Crippen LogP contribution in [0.4, 0.5) is 16.6 Å². The molecular weight excluding hydrogens is 370 g/mol. The van der Waals surface area contributed by atoms with E-state index in [1.807, 2.05) is 24.3 Å². The fourth-order valence-electron chi connectivity index (χ4n) is 2.42. The molecule has 0 aliphatic rings. The molecule has 0 aliphatic carbocycles. The average molecular weight is 383 g/mol. The lowest BCUT2D eigenvalue weighted by molar-refractivity contribution is 0.601. The van der Waals surface area contributed by atoms with E-state index in [1.165, 1.54) is 23.5 Å². The zero-order valence-electron chi connectivity index (χ0n) is 13.3. The highest BCUT2D eigenvalue weighted by Crippen LogP contribution is 2.24. The topological polar surface area (TPSA) is 96.9 Å². The molecule has 2 aromatic carbocycles. The molecule has 26 heavy (non-hydrogen) atoms. The Morgan fingerprint density at radius 1 is 1.00 bits per heavy atom. The van der Waals surface area contributed by atoms with Gasteiger partial charge in [-0.2, -0.15) is 5.10 Å². The van der Waals surface area contributed by atoms with Crippen LogP contribution in [0.5, 0.6) is 0 Å².